The summed E-state index contributed by atoms with van der Waals surface area (Å²) in [7, 11) is 0. The molecule has 3 heteroatoms. The molecule has 1 aromatic heterocycles. The van der Waals surface area contributed by atoms with E-state index in [4.69, 9.17) is 0 Å². The van der Waals surface area contributed by atoms with Crippen molar-refractivity contribution < 1.29 is 5.11 Å². The fraction of sp³-hybridized carbons (Fsp3) is 0.357. The zero-order valence-corrected chi connectivity index (χ0v) is 10.9. The molecule has 2 nitrogen and oxygen atoms in total. The summed E-state index contributed by atoms with van der Waals surface area (Å²) in [4.78, 5) is 4.63. The largest absolute Gasteiger partial charge is 0.396 e. The Morgan fingerprint density at radius 2 is 1.94 bits per heavy atom. The Bertz CT molecular complexity index is 464. The molecule has 17 heavy (non-hydrogen) atoms. The number of aromatic nitrogens is 1. The first kappa shape index (κ1) is 12.3. The molecule has 0 aliphatic carbocycles. The number of aliphatic hydroxyl groups is 1. The van der Waals surface area contributed by atoms with Gasteiger partial charge in [0.15, 0.2) is 0 Å². The van der Waals surface area contributed by atoms with Crippen LogP contribution in [0.3, 0.4) is 0 Å². The van der Waals surface area contributed by atoms with Crippen LogP contribution in [-0.2, 0) is 0 Å². The molecule has 0 spiro atoms. The highest BCUT2D eigenvalue weighted by Crippen LogP contribution is 2.30. The van der Waals surface area contributed by atoms with Crippen LogP contribution in [0.25, 0.3) is 11.3 Å². The molecular formula is C14H17NOS. The van der Waals surface area contributed by atoms with Crippen molar-refractivity contribution in [3.63, 3.8) is 0 Å². The minimum absolute atomic E-state index is 0.150. The first-order valence-electron chi connectivity index (χ1n) is 5.84. The van der Waals surface area contributed by atoms with Gasteiger partial charge in [-0.25, -0.2) is 4.98 Å². The van der Waals surface area contributed by atoms with E-state index in [9.17, 15) is 5.11 Å². The molecule has 1 N–H and O–H groups in total. The molecule has 0 fully saturated rings. The number of rotatable bonds is 4. The minimum Gasteiger partial charge on any atom is -0.396 e. The van der Waals surface area contributed by atoms with Gasteiger partial charge in [0.2, 0.25) is 0 Å². The van der Waals surface area contributed by atoms with Gasteiger partial charge in [-0.05, 0) is 5.92 Å². The average Bonchev–Trinajstić information content (AvgIpc) is 2.80. The van der Waals surface area contributed by atoms with Gasteiger partial charge >= 0.3 is 0 Å². The summed E-state index contributed by atoms with van der Waals surface area (Å²) in [5.41, 5.74) is 2.14. The van der Waals surface area contributed by atoms with Gasteiger partial charge in [-0.1, -0.05) is 44.2 Å². The molecule has 2 rings (SSSR count). The van der Waals surface area contributed by atoms with Crippen molar-refractivity contribution in [3.8, 4) is 11.3 Å². The topological polar surface area (TPSA) is 33.1 Å². The van der Waals surface area contributed by atoms with Crippen LogP contribution in [0.15, 0.2) is 35.7 Å². The third-order valence-electron chi connectivity index (χ3n) is 2.91. The van der Waals surface area contributed by atoms with Crippen molar-refractivity contribution in [1.29, 1.82) is 0 Å². The molecule has 0 aliphatic heterocycles. The number of thiazole rings is 1. The molecule has 0 bridgehead atoms. The molecule has 1 aromatic carbocycles. The summed E-state index contributed by atoms with van der Waals surface area (Å²) in [6.45, 7) is 4.40. The summed E-state index contributed by atoms with van der Waals surface area (Å²) in [5, 5.41) is 12.5. The quantitative estimate of drug-likeness (QED) is 0.896. The summed E-state index contributed by atoms with van der Waals surface area (Å²) < 4.78 is 0. The van der Waals surface area contributed by atoms with Gasteiger partial charge in [0, 0.05) is 16.9 Å². The lowest BCUT2D eigenvalue weighted by Gasteiger charge is -2.14. The molecule has 1 heterocycles. The molecule has 2 aromatic rings. The van der Waals surface area contributed by atoms with Gasteiger partial charge in [-0.3, -0.25) is 0 Å². The van der Waals surface area contributed by atoms with Crippen LogP contribution in [0.5, 0.6) is 0 Å². The Morgan fingerprint density at radius 3 is 2.53 bits per heavy atom. The molecule has 0 saturated carbocycles. The monoisotopic (exact) mass is 247 g/mol. The Hall–Kier alpha value is -1.19. The van der Waals surface area contributed by atoms with E-state index in [1.165, 1.54) is 0 Å². The number of aliphatic hydroxyl groups excluding tert-OH is 1. The van der Waals surface area contributed by atoms with Crippen LogP contribution < -0.4 is 0 Å². The third kappa shape index (κ3) is 2.73. The van der Waals surface area contributed by atoms with Gasteiger partial charge in [0.25, 0.3) is 0 Å². The summed E-state index contributed by atoms with van der Waals surface area (Å²) in [5.74, 6) is 0.562. The van der Waals surface area contributed by atoms with Crippen LogP contribution in [-0.4, -0.2) is 16.7 Å². The Balaban J connectivity index is 2.27. The summed E-state index contributed by atoms with van der Waals surface area (Å²) >= 11 is 1.63. The highest BCUT2D eigenvalue weighted by atomic mass is 32.1. The van der Waals surface area contributed by atoms with E-state index < -0.39 is 0 Å². The zero-order chi connectivity index (χ0) is 12.3. The molecule has 1 atom stereocenters. The van der Waals surface area contributed by atoms with Gasteiger partial charge in [0.1, 0.15) is 0 Å². The van der Waals surface area contributed by atoms with E-state index in [1.54, 1.807) is 11.3 Å². The highest BCUT2D eigenvalue weighted by molar-refractivity contribution is 7.10. The fourth-order valence-corrected chi connectivity index (χ4v) is 2.87. The molecule has 1 unspecified atom stereocenters. The van der Waals surface area contributed by atoms with Crippen molar-refractivity contribution in [2.24, 2.45) is 5.92 Å². The lowest BCUT2D eigenvalue weighted by atomic mass is 9.98. The first-order valence-corrected chi connectivity index (χ1v) is 6.72. The Morgan fingerprint density at radius 1 is 1.24 bits per heavy atom. The second kappa shape index (κ2) is 5.43. The van der Waals surface area contributed by atoms with E-state index in [1.807, 2.05) is 18.2 Å². The Labute approximate surface area is 106 Å². The first-order chi connectivity index (χ1) is 8.22. The van der Waals surface area contributed by atoms with Crippen LogP contribution >= 0.6 is 11.3 Å². The molecule has 0 saturated heterocycles. The molecule has 0 aliphatic rings. The number of hydrogen-bond donors (Lipinski definition) is 1. The van der Waals surface area contributed by atoms with Crippen molar-refractivity contribution in [2.75, 3.05) is 6.61 Å². The predicted octanol–water partition coefficient (Wildman–Crippen LogP) is 3.54. The standard InChI is InChI=1S/C14H17NOS/c1-10(2)12(8-16)14-15-13(9-17-14)11-6-4-3-5-7-11/h3-7,9-10,12,16H,8H2,1-2H3. The van der Waals surface area contributed by atoms with Crippen LogP contribution in [0, 0.1) is 5.92 Å². The van der Waals surface area contributed by atoms with E-state index in [2.05, 4.69) is 36.3 Å². The van der Waals surface area contributed by atoms with Crippen molar-refractivity contribution >= 4 is 11.3 Å². The lowest BCUT2D eigenvalue weighted by Crippen LogP contribution is -2.10. The number of benzene rings is 1. The minimum atomic E-state index is 0.150. The Kier molecular flexibility index (Phi) is 3.92. The van der Waals surface area contributed by atoms with Gasteiger partial charge in [-0.2, -0.15) is 0 Å². The predicted molar refractivity (Wildman–Crippen MR) is 72.2 cm³/mol. The van der Waals surface area contributed by atoms with E-state index in [0.29, 0.717) is 5.92 Å². The SMILES string of the molecule is CC(C)C(CO)c1nc(-c2ccccc2)cs1. The van der Waals surface area contributed by atoms with Crippen LogP contribution in [0.1, 0.15) is 24.8 Å². The van der Waals surface area contributed by atoms with E-state index in [-0.39, 0.29) is 12.5 Å². The van der Waals surface area contributed by atoms with Gasteiger partial charge < -0.3 is 5.11 Å². The smallest absolute Gasteiger partial charge is 0.0989 e. The van der Waals surface area contributed by atoms with E-state index >= 15 is 0 Å². The van der Waals surface area contributed by atoms with Crippen molar-refractivity contribution in [3.05, 3.63) is 40.7 Å². The molecule has 90 valence electrons. The second-order valence-corrected chi connectivity index (χ2v) is 5.36. The van der Waals surface area contributed by atoms with Gasteiger partial charge in [0.05, 0.1) is 17.3 Å². The number of nitrogens with zero attached hydrogens (tertiary/aromatic N) is 1. The highest BCUT2D eigenvalue weighted by Gasteiger charge is 2.18. The third-order valence-corrected chi connectivity index (χ3v) is 3.89. The molecule has 0 radical (unpaired) electrons. The maximum absolute atomic E-state index is 9.40. The summed E-state index contributed by atoms with van der Waals surface area (Å²) in [6, 6.07) is 10.1. The molecule has 0 amide bonds. The van der Waals surface area contributed by atoms with E-state index in [0.717, 1.165) is 16.3 Å². The van der Waals surface area contributed by atoms with Gasteiger partial charge in [-0.15, -0.1) is 11.3 Å². The maximum Gasteiger partial charge on any atom is 0.0989 e. The zero-order valence-electron chi connectivity index (χ0n) is 10.1. The summed E-state index contributed by atoms with van der Waals surface area (Å²) in [6.07, 6.45) is 0. The van der Waals surface area contributed by atoms with Crippen molar-refractivity contribution in [1.82, 2.24) is 4.98 Å². The second-order valence-electron chi connectivity index (χ2n) is 4.47. The lowest BCUT2D eigenvalue weighted by molar-refractivity contribution is 0.237. The molecular weight excluding hydrogens is 230 g/mol. The maximum atomic E-state index is 9.40. The normalized spacial score (nSPS) is 12.9. The number of hydrogen-bond acceptors (Lipinski definition) is 3. The average molecular weight is 247 g/mol. The van der Waals surface area contributed by atoms with Crippen molar-refractivity contribution in [2.45, 2.75) is 19.8 Å². The van der Waals surface area contributed by atoms with Crippen LogP contribution in [0.4, 0.5) is 0 Å². The fourth-order valence-electron chi connectivity index (χ4n) is 1.77. The van der Waals surface area contributed by atoms with Crippen LogP contribution in [0.2, 0.25) is 0 Å².